The van der Waals surface area contributed by atoms with E-state index in [4.69, 9.17) is 6.48 Å². The smallest absolute Gasteiger partial charge is 0.320 e. The van der Waals surface area contributed by atoms with Gasteiger partial charge in [0.05, 0.1) is 1.37 Å². The summed E-state index contributed by atoms with van der Waals surface area (Å²) in [4.78, 5) is 12.5. The van der Waals surface area contributed by atoms with Gasteiger partial charge in [0.2, 0.25) is 0 Å². The summed E-state index contributed by atoms with van der Waals surface area (Å²) >= 11 is 0. The maximum absolute atomic E-state index is 10.7. The number of carbonyl (C=O) groups is 1. The van der Waals surface area contributed by atoms with Gasteiger partial charge in [-0.25, -0.2) is 0 Å². The van der Waals surface area contributed by atoms with Crippen molar-refractivity contribution < 1.29 is 11.3 Å². The SMILES string of the molecule is [2H]C=CCN1CCC[C@H]1C(=O)O. The quantitative estimate of drug-likeness (QED) is 0.612. The van der Waals surface area contributed by atoms with Crippen LogP contribution >= 0.6 is 0 Å². The fraction of sp³-hybridized carbons (Fsp3) is 0.625. The minimum atomic E-state index is -0.745. The zero-order valence-electron chi connectivity index (χ0n) is 7.36. The molecule has 0 aliphatic carbocycles. The molecule has 3 nitrogen and oxygen atoms in total. The summed E-state index contributed by atoms with van der Waals surface area (Å²) in [5.74, 6) is -0.745. The summed E-state index contributed by atoms with van der Waals surface area (Å²) in [6, 6.07) is -0.332. The lowest BCUT2D eigenvalue weighted by atomic mass is 10.2. The molecule has 1 fully saturated rings. The highest BCUT2D eigenvalue weighted by atomic mass is 16.4. The van der Waals surface area contributed by atoms with Crippen LogP contribution in [0.5, 0.6) is 0 Å². The van der Waals surface area contributed by atoms with Crippen LogP contribution in [0.25, 0.3) is 0 Å². The van der Waals surface area contributed by atoms with Gasteiger partial charge in [0, 0.05) is 6.54 Å². The van der Waals surface area contributed by atoms with Crippen molar-refractivity contribution >= 4 is 5.97 Å². The zero-order valence-corrected chi connectivity index (χ0v) is 6.36. The molecular formula is C8H13NO2. The van der Waals surface area contributed by atoms with Crippen molar-refractivity contribution in [1.82, 2.24) is 4.90 Å². The number of nitrogens with zero attached hydrogens (tertiary/aromatic N) is 1. The van der Waals surface area contributed by atoms with Gasteiger partial charge < -0.3 is 5.11 Å². The average molecular weight is 156 g/mol. The topological polar surface area (TPSA) is 40.5 Å². The largest absolute Gasteiger partial charge is 0.480 e. The van der Waals surface area contributed by atoms with Crippen LogP contribution in [0.1, 0.15) is 14.2 Å². The highest BCUT2D eigenvalue weighted by Crippen LogP contribution is 2.16. The molecule has 0 aromatic rings. The lowest BCUT2D eigenvalue weighted by Gasteiger charge is -2.18. The van der Waals surface area contributed by atoms with Crippen molar-refractivity contribution in [2.24, 2.45) is 0 Å². The monoisotopic (exact) mass is 156 g/mol. The highest BCUT2D eigenvalue weighted by Gasteiger charge is 2.28. The third-order valence-corrected chi connectivity index (χ3v) is 1.99. The lowest BCUT2D eigenvalue weighted by molar-refractivity contribution is -0.141. The number of carboxylic acids is 1. The molecule has 0 aromatic carbocycles. The van der Waals surface area contributed by atoms with Crippen LogP contribution in [0.3, 0.4) is 0 Å². The van der Waals surface area contributed by atoms with E-state index >= 15 is 0 Å². The number of hydrogen-bond donors (Lipinski definition) is 1. The van der Waals surface area contributed by atoms with Crippen LogP contribution in [-0.2, 0) is 4.79 Å². The molecule has 1 rings (SSSR count). The predicted octanol–water partition coefficient (Wildman–Crippen LogP) is 0.721. The second-order valence-corrected chi connectivity index (χ2v) is 2.73. The normalized spacial score (nSPS) is 27.6. The van der Waals surface area contributed by atoms with Crippen LogP contribution in [0.15, 0.2) is 12.6 Å². The minimum absolute atomic E-state index is 0.332. The van der Waals surface area contributed by atoms with Crippen molar-refractivity contribution in [2.75, 3.05) is 13.1 Å². The van der Waals surface area contributed by atoms with Crippen LogP contribution < -0.4 is 0 Å². The van der Waals surface area contributed by atoms with Crippen LogP contribution in [0, 0.1) is 0 Å². The van der Waals surface area contributed by atoms with Gasteiger partial charge in [0.25, 0.3) is 0 Å². The number of hydrogen-bond acceptors (Lipinski definition) is 2. The molecule has 0 unspecified atom stereocenters. The highest BCUT2D eigenvalue weighted by molar-refractivity contribution is 5.73. The Bertz CT molecular complexity index is 193. The molecule has 1 saturated heterocycles. The molecule has 0 bridgehead atoms. The molecule has 62 valence electrons. The predicted molar refractivity (Wildman–Crippen MR) is 42.4 cm³/mol. The molecule has 0 spiro atoms. The van der Waals surface area contributed by atoms with Crippen molar-refractivity contribution in [3.05, 3.63) is 12.6 Å². The van der Waals surface area contributed by atoms with E-state index in [1.54, 1.807) is 6.08 Å². The summed E-state index contributed by atoms with van der Waals surface area (Å²) in [6.07, 6.45) is 3.35. The fourth-order valence-corrected chi connectivity index (χ4v) is 1.46. The average Bonchev–Trinajstić information content (AvgIpc) is 2.48. The van der Waals surface area contributed by atoms with Gasteiger partial charge in [-0.2, -0.15) is 0 Å². The molecule has 1 aliphatic rings. The molecule has 0 amide bonds. The second kappa shape index (κ2) is 3.53. The first-order chi connectivity index (χ1) is 5.75. The van der Waals surface area contributed by atoms with Gasteiger partial charge in [-0.05, 0) is 19.4 Å². The summed E-state index contributed by atoms with van der Waals surface area (Å²) in [5, 5.41) is 8.77. The van der Waals surface area contributed by atoms with Gasteiger partial charge in [-0.3, -0.25) is 9.69 Å². The number of likely N-dealkylation sites (tertiary alicyclic amines) is 1. The molecule has 0 saturated carbocycles. The molecule has 0 aromatic heterocycles. The van der Waals surface area contributed by atoms with Gasteiger partial charge in [0.1, 0.15) is 6.04 Å². The molecule has 3 heteroatoms. The van der Waals surface area contributed by atoms with E-state index in [-0.39, 0.29) is 6.04 Å². The Kier molecular flexibility index (Phi) is 2.20. The minimum Gasteiger partial charge on any atom is -0.480 e. The van der Waals surface area contributed by atoms with Crippen LogP contribution in [-0.4, -0.2) is 35.1 Å². The standard InChI is InChI=1S/C8H13NO2/c1-2-5-9-6-3-4-7(9)8(10)11/h2,7H,1,3-6H2,(H,10,11)/t7-/m0/s1/i1D. The molecule has 1 N–H and O–H groups in total. The lowest BCUT2D eigenvalue weighted by Crippen LogP contribution is -2.35. The van der Waals surface area contributed by atoms with Gasteiger partial charge >= 0.3 is 5.97 Å². The Labute approximate surface area is 67.7 Å². The van der Waals surface area contributed by atoms with Crippen molar-refractivity contribution in [2.45, 2.75) is 18.9 Å². The van der Waals surface area contributed by atoms with Crippen molar-refractivity contribution in [3.8, 4) is 0 Å². The van der Waals surface area contributed by atoms with E-state index in [1.807, 2.05) is 4.90 Å². The number of carboxylic acid groups (broad SMARTS) is 1. The third kappa shape index (κ3) is 1.80. The first-order valence-electron chi connectivity index (χ1n) is 4.33. The summed E-state index contributed by atoms with van der Waals surface area (Å²) in [7, 11) is 0. The van der Waals surface area contributed by atoms with E-state index in [2.05, 4.69) is 0 Å². The molecule has 11 heavy (non-hydrogen) atoms. The molecule has 0 radical (unpaired) electrons. The van der Waals surface area contributed by atoms with E-state index < -0.39 is 5.97 Å². The fourth-order valence-electron chi connectivity index (χ4n) is 1.46. The molecule has 1 atom stereocenters. The van der Waals surface area contributed by atoms with Gasteiger partial charge in [-0.1, -0.05) is 6.08 Å². The third-order valence-electron chi connectivity index (χ3n) is 1.99. The summed E-state index contributed by atoms with van der Waals surface area (Å²) < 4.78 is 6.79. The van der Waals surface area contributed by atoms with E-state index in [1.165, 1.54) is 6.55 Å². The van der Waals surface area contributed by atoms with E-state index in [0.29, 0.717) is 6.54 Å². The van der Waals surface area contributed by atoms with Gasteiger partial charge in [0.15, 0.2) is 0 Å². The van der Waals surface area contributed by atoms with E-state index in [9.17, 15) is 4.79 Å². The Balaban J connectivity index is 2.46. The van der Waals surface area contributed by atoms with Crippen molar-refractivity contribution in [1.29, 1.82) is 0 Å². The molecule has 1 aliphatic heterocycles. The summed E-state index contributed by atoms with van der Waals surface area (Å²) in [5.41, 5.74) is 0. The number of rotatable bonds is 3. The maximum atomic E-state index is 10.7. The Morgan fingerprint density at radius 1 is 2.00 bits per heavy atom. The van der Waals surface area contributed by atoms with Crippen LogP contribution in [0.4, 0.5) is 0 Å². The Hall–Kier alpha value is -0.830. The Morgan fingerprint density at radius 3 is 3.45 bits per heavy atom. The van der Waals surface area contributed by atoms with Gasteiger partial charge in [-0.15, -0.1) is 6.55 Å². The first-order valence-corrected chi connectivity index (χ1v) is 3.76. The van der Waals surface area contributed by atoms with Crippen LogP contribution in [0.2, 0.25) is 0 Å². The Morgan fingerprint density at radius 2 is 2.82 bits per heavy atom. The van der Waals surface area contributed by atoms with Crippen molar-refractivity contribution in [3.63, 3.8) is 0 Å². The summed E-state index contributed by atoms with van der Waals surface area (Å²) in [6.45, 7) is 2.62. The maximum Gasteiger partial charge on any atom is 0.320 e. The zero-order chi connectivity index (χ0) is 8.97. The molecular weight excluding hydrogens is 142 g/mol. The van der Waals surface area contributed by atoms with E-state index in [0.717, 1.165) is 19.4 Å². The second-order valence-electron chi connectivity index (χ2n) is 2.73. The first kappa shape index (κ1) is 6.85. The number of aliphatic carboxylic acids is 1. The molecule has 1 heterocycles.